The van der Waals surface area contributed by atoms with Gasteiger partial charge in [-0.1, -0.05) is 12.1 Å². The number of hydrogen-bond donors (Lipinski definition) is 1. The molecule has 1 N–H and O–H groups in total. The molecule has 1 rings (SSSR count). The van der Waals surface area contributed by atoms with Crippen molar-refractivity contribution in [1.82, 2.24) is 4.90 Å². The molecule has 4 nitrogen and oxygen atoms in total. The molecule has 5 heteroatoms. The Morgan fingerprint density at radius 2 is 2.11 bits per heavy atom. The first kappa shape index (κ1) is 15.1. The van der Waals surface area contributed by atoms with Gasteiger partial charge in [0.15, 0.2) is 0 Å². The molecule has 0 saturated heterocycles. The molecule has 0 bridgehead atoms. The van der Waals surface area contributed by atoms with E-state index in [0.717, 1.165) is 0 Å². The summed E-state index contributed by atoms with van der Waals surface area (Å²) in [4.78, 5) is 12.5. The van der Waals surface area contributed by atoms with Crippen molar-refractivity contribution >= 4 is 5.97 Å². The summed E-state index contributed by atoms with van der Waals surface area (Å²) >= 11 is 0. The van der Waals surface area contributed by atoms with Gasteiger partial charge in [0.1, 0.15) is 11.9 Å². The number of halogens is 1. The van der Waals surface area contributed by atoms with Gasteiger partial charge in [-0.3, -0.25) is 9.69 Å². The Kier molecular flexibility index (Phi) is 4.62. The summed E-state index contributed by atoms with van der Waals surface area (Å²) in [7, 11) is 0. The molecule has 0 aliphatic carbocycles. The highest BCUT2D eigenvalue weighted by Gasteiger charge is 2.25. The van der Waals surface area contributed by atoms with E-state index in [0.29, 0.717) is 5.56 Å². The first-order chi connectivity index (χ1) is 8.75. The van der Waals surface area contributed by atoms with Gasteiger partial charge in [0.2, 0.25) is 0 Å². The smallest absolute Gasteiger partial charge is 0.317 e. The van der Waals surface area contributed by atoms with Crippen LogP contribution in [0.15, 0.2) is 18.2 Å². The topological polar surface area (TPSA) is 64.3 Å². The van der Waals surface area contributed by atoms with E-state index in [1.165, 1.54) is 6.07 Å². The third-order valence-electron chi connectivity index (χ3n) is 2.84. The number of carbonyl (C=O) groups is 1. The SMILES string of the molecule is CC(C)(C)N(CC(=O)O)Cc1cccc(C#N)c1F. The average molecular weight is 264 g/mol. The van der Waals surface area contributed by atoms with Gasteiger partial charge < -0.3 is 5.11 Å². The van der Waals surface area contributed by atoms with E-state index in [-0.39, 0.29) is 18.7 Å². The molecule has 0 atom stereocenters. The standard InChI is InChI=1S/C14H17FN2O2/c1-14(2,3)17(9-12(18)19)8-11-6-4-5-10(7-16)13(11)15/h4-6H,8-9H2,1-3H3,(H,18,19). The van der Waals surface area contributed by atoms with Crippen molar-refractivity contribution in [2.75, 3.05) is 6.54 Å². The molecule has 0 spiro atoms. The molecule has 0 saturated carbocycles. The van der Waals surface area contributed by atoms with E-state index in [1.54, 1.807) is 23.1 Å². The number of rotatable bonds is 4. The number of aliphatic carboxylic acids is 1. The molecule has 0 amide bonds. The Bertz CT molecular complexity index is 515. The molecule has 0 heterocycles. The highest BCUT2D eigenvalue weighted by atomic mass is 19.1. The highest BCUT2D eigenvalue weighted by molar-refractivity contribution is 5.69. The molecule has 0 unspecified atom stereocenters. The number of benzene rings is 1. The quantitative estimate of drug-likeness (QED) is 0.906. The van der Waals surface area contributed by atoms with Crippen molar-refractivity contribution in [3.8, 4) is 6.07 Å². The molecule has 1 aromatic carbocycles. The lowest BCUT2D eigenvalue weighted by atomic mass is 10.0. The molecular weight excluding hydrogens is 247 g/mol. The Balaban J connectivity index is 3.04. The first-order valence-corrected chi connectivity index (χ1v) is 5.90. The third-order valence-corrected chi connectivity index (χ3v) is 2.84. The summed E-state index contributed by atoms with van der Waals surface area (Å²) in [5.41, 5.74) is -0.107. The van der Waals surface area contributed by atoms with Gasteiger partial charge in [-0.15, -0.1) is 0 Å². The zero-order valence-electron chi connectivity index (χ0n) is 11.3. The predicted octanol–water partition coefficient (Wildman–Crippen LogP) is 2.38. The number of carboxylic acid groups (broad SMARTS) is 1. The second kappa shape index (κ2) is 5.81. The van der Waals surface area contributed by atoms with Crippen LogP contribution in [0.25, 0.3) is 0 Å². The first-order valence-electron chi connectivity index (χ1n) is 5.90. The number of hydrogen-bond acceptors (Lipinski definition) is 3. The van der Waals surface area contributed by atoms with Crippen LogP contribution in [0, 0.1) is 17.1 Å². The molecular formula is C14H17FN2O2. The van der Waals surface area contributed by atoms with Crippen molar-refractivity contribution in [2.24, 2.45) is 0 Å². The van der Waals surface area contributed by atoms with Crippen LogP contribution in [0.2, 0.25) is 0 Å². The van der Waals surface area contributed by atoms with Crippen molar-refractivity contribution in [3.05, 3.63) is 35.1 Å². The fourth-order valence-corrected chi connectivity index (χ4v) is 1.69. The van der Waals surface area contributed by atoms with E-state index < -0.39 is 17.3 Å². The molecule has 1 aromatic rings. The van der Waals surface area contributed by atoms with E-state index in [1.807, 2.05) is 20.8 Å². The van der Waals surface area contributed by atoms with Crippen molar-refractivity contribution in [3.63, 3.8) is 0 Å². The minimum absolute atomic E-state index is 0.0262. The monoisotopic (exact) mass is 264 g/mol. The Hall–Kier alpha value is -1.93. The summed E-state index contributed by atoms with van der Waals surface area (Å²) in [6.07, 6.45) is 0. The normalized spacial score (nSPS) is 11.4. The second-order valence-electron chi connectivity index (χ2n) is 5.31. The van der Waals surface area contributed by atoms with Crippen LogP contribution >= 0.6 is 0 Å². The third kappa shape index (κ3) is 4.04. The summed E-state index contributed by atoms with van der Waals surface area (Å²) in [5, 5.41) is 17.7. The van der Waals surface area contributed by atoms with Crippen LogP contribution in [0.5, 0.6) is 0 Å². The van der Waals surface area contributed by atoms with Crippen LogP contribution in [-0.2, 0) is 11.3 Å². The molecule has 19 heavy (non-hydrogen) atoms. The van der Waals surface area contributed by atoms with Crippen LogP contribution in [0.3, 0.4) is 0 Å². The predicted molar refractivity (Wildman–Crippen MR) is 68.9 cm³/mol. The van der Waals surface area contributed by atoms with Crippen molar-refractivity contribution in [1.29, 1.82) is 5.26 Å². The van der Waals surface area contributed by atoms with Crippen LogP contribution in [-0.4, -0.2) is 28.1 Å². The molecule has 0 fully saturated rings. The summed E-state index contributed by atoms with van der Waals surface area (Å²) in [6, 6.07) is 6.34. The fourth-order valence-electron chi connectivity index (χ4n) is 1.69. The van der Waals surface area contributed by atoms with E-state index in [4.69, 9.17) is 10.4 Å². The lowest BCUT2D eigenvalue weighted by Gasteiger charge is -2.34. The van der Waals surface area contributed by atoms with Crippen molar-refractivity contribution in [2.45, 2.75) is 32.9 Å². The van der Waals surface area contributed by atoms with E-state index in [9.17, 15) is 9.18 Å². The number of carboxylic acids is 1. The Labute approximate surface area is 112 Å². The van der Waals surface area contributed by atoms with Crippen LogP contribution in [0.4, 0.5) is 4.39 Å². The maximum atomic E-state index is 14.0. The maximum Gasteiger partial charge on any atom is 0.317 e. The minimum Gasteiger partial charge on any atom is -0.480 e. The minimum atomic E-state index is -0.966. The lowest BCUT2D eigenvalue weighted by Crippen LogP contribution is -2.44. The maximum absolute atomic E-state index is 14.0. The Morgan fingerprint density at radius 3 is 2.58 bits per heavy atom. The summed E-state index contributed by atoms with van der Waals surface area (Å²) < 4.78 is 14.0. The second-order valence-corrected chi connectivity index (χ2v) is 5.31. The highest BCUT2D eigenvalue weighted by Crippen LogP contribution is 2.20. The molecule has 0 aliphatic rings. The molecule has 102 valence electrons. The number of nitrogens with zero attached hydrogens (tertiary/aromatic N) is 2. The molecule has 0 aliphatic heterocycles. The largest absolute Gasteiger partial charge is 0.480 e. The average Bonchev–Trinajstić information content (AvgIpc) is 2.29. The van der Waals surface area contributed by atoms with Crippen LogP contribution < -0.4 is 0 Å². The van der Waals surface area contributed by atoms with Gasteiger partial charge >= 0.3 is 5.97 Å². The van der Waals surface area contributed by atoms with Gasteiger partial charge in [0.25, 0.3) is 0 Å². The van der Waals surface area contributed by atoms with Crippen LogP contribution in [0.1, 0.15) is 31.9 Å². The van der Waals surface area contributed by atoms with Gasteiger partial charge in [-0.2, -0.15) is 5.26 Å². The molecule has 0 aromatic heterocycles. The summed E-state index contributed by atoms with van der Waals surface area (Å²) in [6.45, 7) is 5.56. The fraction of sp³-hybridized carbons (Fsp3) is 0.429. The zero-order valence-corrected chi connectivity index (χ0v) is 11.3. The van der Waals surface area contributed by atoms with Gasteiger partial charge in [-0.05, 0) is 26.8 Å². The number of nitriles is 1. The summed E-state index contributed by atoms with van der Waals surface area (Å²) in [5.74, 6) is -1.54. The zero-order chi connectivity index (χ0) is 14.6. The van der Waals surface area contributed by atoms with Crippen molar-refractivity contribution < 1.29 is 14.3 Å². The van der Waals surface area contributed by atoms with E-state index >= 15 is 0 Å². The van der Waals surface area contributed by atoms with Gasteiger partial charge in [0, 0.05) is 17.6 Å². The van der Waals surface area contributed by atoms with Gasteiger partial charge in [0.05, 0.1) is 12.1 Å². The van der Waals surface area contributed by atoms with Gasteiger partial charge in [-0.25, -0.2) is 4.39 Å². The lowest BCUT2D eigenvalue weighted by molar-refractivity contribution is -0.139. The Morgan fingerprint density at radius 1 is 1.47 bits per heavy atom. The van der Waals surface area contributed by atoms with E-state index in [2.05, 4.69) is 0 Å². The molecule has 0 radical (unpaired) electrons.